The molecule has 0 unspecified atom stereocenters. The topological polar surface area (TPSA) is 46.4 Å². The average Bonchev–Trinajstić information content (AvgIpc) is 2.90. The van der Waals surface area contributed by atoms with Gasteiger partial charge in [-0.1, -0.05) is 32.9 Å². The van der Waals surface area contributed by atoms with E-state index in [1.807, 2.05) is 61.8 Å². The van der Waals surface area contributed by atoms with Crippen molar-refractivity contribution in [1.29, 1.82) is 0 Å². The fourth-order valence-corrected chi connectivity index (χ4v) is 2.27. The molecule has 2 heterocycles. The number of carbonyl (C=O) groups is 1. The number of nitrogens with one attached hydrogen (secondary N) is 1. The van der Waals surface area contributed by atoms with Gasteiger partial charge in [-0.3, -0.25) is 4.79 Å². The molecule has 0 aliphatic carbocycles. The maximum absolute atomic E-state index is 12.0. The molecule has 0 atom stereocenters. The number of nitrogens with zero attached hydrogens (tertiary/aromatic N) is 2. The molecule has 3 rings (SSSR count). The summed E-state index contributed by atoms with van der Waals surface area (Å²) in [6, 6.07) is 11.9. The van der Waals surface area contributed by atoms with Gasteiger partial charge in [0, 0.05) is 29.1 Å². The molecule has 0 spiro atoms. The van der Waals surface area contributed by atoms with Crippen molar-refractivity contribution in [3.63, 3.8) is 0 Å². The molecule has 118 valence electrons. The summed E-state index contributed by atoms with van der Waals surface area (Å²) in [4.78, 5) is 16.7. The summed E-state index contributed by atoms with van der Waals surface area (Å²) in [6.45, 7) is 7.75. The summed E-state index contributed by atoms with van der Waals surface area (Å²) >= 11 is 0. The molecule has 0 aliphatic heterocycles. The van der Waals surface area contributed by atoms with Crippen LogP contribution >= 0.6 is 0 Å². The zero-order chi connectivity index (χ0) is 16.6. The minimum absolute atomic E-state index is 0.00783. The minimum Gasteiger partial charge on any atom is -0.326 e. The summed E-state index contributed by atoms with van der Waals surface area (Å²) < 4.78 is 2.01. The second kappa shape index (κ2) is 5.54. The average molecular weight is 307 g/mol. The molecule has 0 saturated heterocycles. The van der Waals surface area contributed by atoms with Crippen LogP contribution in [0.15, 0.2) is 48.8 Å². The Labute approximate surface area is 136 Å². The van der Waals surface area contributed by atoms with Gasteiger partial charge in [-0.2, -0.15) is 0 Å². The SMILES string of the molecule is Cc1ccn2cc(-c3ccc(NC(=O)C(C)(C)C)cc3)nc2c1. The van der Waals surface area contributed by atoms with Gasteiger partial charge < -0.3 is 9.72 Å². The largest absolute Gasteiger partial charge is 0.326 e. The van der Waals surface area contributed by atoms with Gasteiger partial charge in [0.15, 0.2) is 0 Å². The van der Waals surface area contributed by atoms with Crippen molar-refractivity contribution in [1.82, 2.24) is 9.38 Å². The number of hydrogen-bond donors (Lipinski definition) is 1. The Balaban J connectivity index is 1.85. The lowest BCUT2D eigenvalue weighted by molar-refractivity contribution is -0.123. The van der Waals surface area contributed by atoms with Crippen LogP contribution in [0.1, 0.15) is 26.3 Å². The molecule has 1 N–H and O–H groups in total. The summed E-state index contributed by atoms with van der Waals surface area (Å²) in [5.41, 5.74) is 4.47. The van der Waals surface area contributed by atoms with Crippen molar-refractivity contribution in [2.24, 2.45) is 5.41 Å². The summed E-state index contributed by atoms with van der Waals surface area (Å²) in [6.07, 6.45) is 4.02. The Hall–Kier alpha value is -2.62. The number of pyridine rings is 1. The van der Waals surface area contributed by atoms with Crippen molar-refractivity contribution < 1.29 is 4.79 Å². The summed E-state index contributed by atoms with van der Waals surface area (Å²) in [7, 11) is 0. The van der Waals surface area contributed by atoms with Crippen LogP contribution < -0.4 is 5.32 Å². The van der Waals surface area contributed by atoms with Crippen LogP contribution in [-0.4, -0.2) is 15.3 Å². The fourth-order valence-electron chi connectivity index (χ4n) is 2.27. The van der Waals surface area contributed by atoms with E-state index in [1.54, 1.807) is 0 Å². The number of fused-ring (bicyclic) bond motifs is 1. The van der Waals surface area contributed by atoms with Crippen LogP contribution in [0.2, 0.25) is 0 Å². The van der Waals surface area contributed by atoms with Gasteiger partial charge in [0.1, 0.15) is 5.65 Å². The van der Waals surface area contributed by atoms with Gasteiger partial charge in [0.25, 0.3) is 0 Å². The van der Waals surface area contributed by atoms with Crippen molar-refractivity contribution in [3.8, 4) is 11.3 Å². The number of aryl methyl sites for hydroxylation is 1. The second-order valence-corrected chi connectivity index (χ2v) is 6.88. The number of anilines is 1. The third-order valence-electron chi connectivity index (χ3n) is 3.74. The first-order chi connectivity index (χ1) is 10.8. The Morgan fingerprint density at radius 3 is 2.48 bits per heavy atom. The zero-order valence-electron chi connectivity index (χ0n) is 13.9. The standard InChI is InChI=1S/C19H21N3O/c1-13-9-10-22-12-16(21-17(22)11-13)14-5-7-15(8-6-14)20-18(23)19(2,3)4/h5-12H,1-4H3,(H,20,23). The molecule has 1 amide bonds. The van der Waals surface area contributed by atoms with Gasteiger partial charge in [0.2, 0.25) is 5.91 Å². The lowest BCUT2D eigenvalue weighted by atomic mass is 9.95. The quantitative estimate of drug-likeness (QED) is 0.767. The smallest absolute Gasteiger partial charge is 0.229 e. The molecule has 1 aromatic carbocycles. The molecular formula is C19H21N3O. The number of hydrogen-bond acceptors (Lipinski definition) is 2. The molecule has 23 heavy (non-hydrogen) atoms. The summed E-state index contributed by atoms with van der Waals surface area (Å²) in [5.74, 6) is 0.00783. The predicted octanol–water partition coefficient (Wildman–Crippen LogP) is 4.29. The molecule has 0 bridgehead atoms. The highest BCUT2D eigenvalue weighted by Gasteiger charge is 2.21. The molecule has 0 aliphatic rings. The van der Waals surface area contributed by atoms with E-state index in [1.165, 1.54) is 5.56 Å². The monoisotopic (exact) mass is 307 g/mol. The normalized spacial score (nSPS) is 11.7. The molecule has 0 saturated carbocycles. The third-order valence-corrected chi connectivity index (χ3v) is 3.74. The van der Waals surface area contributed by atoms with Gasteiger partial charge >= 0.3 is 0 Å². The van der Waals surface area contributed by atoms with E-state index in [0.29, 0.717) is 0 Å². The predicted molar refractivity (Wildman–Crippen MR) is 93.4 cm³/mol. The van der Waals surface area contributed by atoms with Crippen molar-refractivity contribution >= 4 is 17.2 Å². The van der Waals surface area contributed by atoms with Gasteiger partial charge in [-0.25, -0.2) is 4.98 Å². The van der Waals surface area contributed by atoms with Crippen molar-refractivity contribution in [3.05, 3.63) is 54.4 Å². The number of amides is 1. The first-order valence-corrected chi connectivity index (χ1v) is 7.70. The van der Waals surface area contributed by atoms with Crippen LogP contribution in [0.4, 0.5) is 5.69 Å². The minimum atomic E-state index is -0.405. The summed E-state index contributed by atoms with van der Waals surface area (Å²) in [5, 5.41) is 2.93. The van der Waals surface area contributed by atoms with Crippen LogP contribution in [0.25, 0.3) is 16.9 Å². The van der Waals surface area contributed by atoms with Crippen LogP contribution in [0.5, 0.6) is 0 Å². The first-order valence-electron chi connectivity index (χ1n) is 7.70. The third kappa shape index (κ3) is 3.26. The van der Waals surface area contributed by atoms with Crippen LogP contribution in [-0.2, 0) is 4.79 Å². The second-order valence-electron chi connectivity index (χ2n) is 6.88. The highest BCUT2D eigenvalue weighted by atomic mass is 16.2. The first kappa shape index (κ1) is 15.3. The number of imidazole rings is 1. The Bertz CT molecular complexity index is 854. The van der Waals surface area contributed by atoms with Gasteiger partial charge in [-0.15, -0.1) is 0 Å². The Morgan fingerprint density at radius 2 is 1.83 bits per heavy atom. The lowest BCUT2D eigenvalue weighted by Crippen LogP contribution is -2.27. The van der Waals surface area contributed by atoms with Crippen molar-refractivity contribution in [2.75, 3.05) is 5.32 Å². The van der Waals surface area contributed by atoms with E-state index in [0.717, 1.165) is 22.6 Å². The Kier molecular flexibility index (Phi) is 3.68. The molecule has 0 radical (unpaired) electrons. The van der Waals surface area contributed by atoms with Crippen LogP contribution in [0.3, 0.4) is 0 Å². The lowest BCUT2D eigenvalue weighted by Gasteiger charge is -2.17. The van der Waals surface area contributed by atoms with Gasteiger partial charge in [0.05, 0.1) is 5.69 Å². The fraction of sp³-hybridized carbons (Fsp3) is 0.263. The van der Waals surface area contributed by atoms with E-state index in [4.69, 9.17) is 0 Å². The number of benzene rings is 1. The number of aromatic nitrogens is 2. The number of rotatable bonds is 2. The maximum atomic E-state index is 12.0. The van der Waals surface area contributed by atoms with Gasteiger partial charge in [-0.05, 0) is 36.8 Å². The highest BCUT2D eigenvalue weighted by Crippen LogP contribution is 2.23. The van der Waals surface area contributed by atoms with Crippen molar-refractivity contribution in [2.45, 2.75) is 27.7 Å². The number of carbonyl (C=O) groups excluding carboxylic acids is 1. The highest BCUT2D eigenvalue weighted by molar-refractivity contribution is 5.94. The van der Waals surface area contributed by atoms with E-state index in [-0.39, 0.29) is 5.91 Å². The molecule has 2 aromatic heterocycles. The molecule has 3 aromatic rings. The van der Waals surface area contributed by atoms with E-state index in [2.05, 4.69) is 29.4 Å². The van der Waals surface area contributed by atoms with E-state index < -0.39 is 5.41 Å². The molecule has 4 nitrogen and oxygen atoms in total. The molecule has 0 fully saturated rings. The molecular weight excluding hydrogens is 286 g/mol. The zero-order valence-corrected chi connectivity index (χ0v) is 13.9. The van der Waals surface area contributed by atoms with E-state index in [9.17, 15) is 4.79 Å². The Morgan fingerprint density at radius 1 is 1.13 bits per heavy atom. The molecule has 4 heteroatoms. The maximum Gasteiger partial charge on any atom is 0.229 e. The van der Waals surface area contributed by atoms with Crippen LogP contribution in [0, 0.1) is 12.3 Å². The van der Waals surface area contributed by atoms with E-state index >= 15 is 0 Å².